The zero-order chi connectivity index (χ0) is 15.4. The fourth-order valence-electron chi connectivity index (χ4n) is 1.91. The van der Waals surface area contributed by atoms with Crippen molar-refractivity contribution in [2.45, 2.75) is 32.2 Å². The average Bonchev–Trinajstić information content (AvgIpc) is 3.22. The molecule has 1 aromatic rings. The van der Waals surface area contributed by atoms with Gasteiger partial charge >= 0.3 is 5.97 Å². The standard InChI is InChI=1S/C15H18N2O4/c1-9(8-13(18)19)16-14(20)11-4-6-12(7-5-11)17-15(21)10-2-3-10/h4-7,9-10H,2-3,8H2,1H3,(H,16,20)(H,17,21)(H,18,19). The number of carboxylic acid groups (broad SMARTS) is 1. The van der Waals surface area contributed by atoms with Crippen LogP contribution in [-0.4, -0.2) is 28.9 Å². The van der Waals surface area contributed by atoms with Crippen molar-refractivity contribution >= 4 is 23.5 Å². The maximum Gasteiger partial charge on any atom is 0.305 e. The molecular weight excluding hydrogens is 272 g/mol. The van der Waals surface area contributed by atoms with E-state index in [9.17, 15) is 14.4 Å². The number of nitrogens with one attached hydrogen (secondary N) is 2. The SMILES string of the molecule is CC(CC(=O)O)NC(=O)c1ccc(NC(=O)C2CC2)cc1. The zero-order valence-electron chi connectivity index (χ0n) is 11.8. The van der Waals surface area contributed by atoms with E-state index in [1.54, 1.807) is 31.2 Å². The molecule has 0 radical (unpaired) electrons. The first kappa shape index (κ1) is 15.0. The Hall–Kier alpha value is -2.37. The van der Waals surface area contributed by atoms with Crippen LogP contribution in [0.1, 0.15) is 36.5 Å². The molecule has 6 heteroatoms. The molecule has 112 valence electrons. The van der Waals surface area contributed by atoms with Gasteiger partial charge in [0.15, 0.2) is 0 Å². The Morgan fingerprint density at radius 1 is 1.24 bits per heavy atom. The van der Waals surface area contributed by atoms with E-state index in [0.29, 0.717) is 11.3 Å². The number of carboxylic acids is 1. The number of rotatable bonds is 6. The van der Waals surface area contributed by atoms with Crippen molar-refractivity contribution in [3.8, 4) is 0 Å². The van der Waals surface area contributed by atoms with Crippen molar-refractivity contribution in [2.24, 2.45) is 5.92 Å². The number of benzene rings is 1. The molecule has 1 unspecified atom stereocenters. The van der Waals surface area contributed by atoms with E-state index in [2.05, 4.69) is 10.6 Å². The van der Waals surface area contributed by atoms with Gasteiger partial charge in [0.05, 0.1) is 6.42 Å². The first-order valence-electron chi connectivity index (χ1n) is 6.89. The third kappa shape index (κ3) is 4.59. The number of hydrogen-bond donors (Lipinski definition) is 3. The van der Waals surface area contributed by atoms with Crippen molar-refractivity contribution in [2.75, 3.05) is 5.32 Å². The highest BCUT2D eigenvalue weighted by molar-refractivity contribution is 5.97. The van der Waals surface area contributed by atoms with Crippen LogP contribution in [0.25, 0.3) is 0 Å². The van der Waals surface area contributed by atoms with Crippen LogP contribution in [0.2, 0.25) is 0 Å². The van der Waals surface area contributed by atoms with E-state index < -0.39 is 12.0 Å². The van der Waals surface area contributed by atoms with E-state index in [4.69, 9.17) is 5.11 Å². The van der Waals surface area contributed by atoms with Gasteiger partial charge in [-0.2, -0.15) is 0 Å². The quantitative estimate of drug-likeness (QED) is 0.742. The number of anilines is 1. The molecule has 0 spiro atoms. The highest BCUT2D eigenvalue weighted by atomic mass is 16.4. The van der Waals surface area contributed by atoms with Gasteiger partial charge in [-0.3, -0.25) is 14.4 Å². The smallest absolute Gasteiger partial charge is 0.305 e. The van der Waals surface area contributed by atoms with Crippen LogP contribution in [0.4, 0.5) is 5.69 Å². The van der Waals surface area contributed by atoms with Gasteiger partial charge in [-0.15, -0.1) is 0 Å². The summed E-state index contributed by atoms with van der Waals surface area (Å²) in [7, 11) is 0. The number of hydrogen-bond acceptors (Lipinski definition) is 3. The Morgan fingerprint density at radius 2 is 1.86 bits per heavy atom. The lowest BCUT2D eigenvalue weighted by molar-refractivity contribution is -0.137. The van der Waals surface area contributed by atoms with Crippen molar-refractivity contribution in [1.29, 1.82) is 0 Å². The summed E-state index contributed by atoms with van der Waals surface area (Å²) in [6, 6.07) is 6.09. The zero-order valence-corrected chi connectivity index (χ0v) is 11.8. The molecule has 1 aliphatic carbocycles. The predicted molar refractivity (Wildman–Crippen MR) is 77.0 cm³/mol. The van der Waals surface area contributed by atoms with Crippen LogP contribution in [-0.2, 0) is 9.59 Å². The third-order valence-corrected chi connectivity index (χ3v) is 3.22. The summed E-state index contributed by atoms with van der Waals surface area (Å²) < 4.78 is 0. The lowest BCUT2D eigenvalue weighted by Crippen LogP contribution is -2.34. The number of amides is 2. The van der Waals surface area contributed by atoms with Gasteiger partial charge in [0.2, 0.25) is 5.91 Å². The summed E-state index contributed by atoms with van der Waals surface area (Å²) in [5.74, 6) is -1.14. The molecule has 0 aromatic heterocycles. The van der Waals surface area contributed by atoms with Gasteiger partial charge in [-0.05, 0) is 44.0 Å². The molecular formula is C15H18N2O4. The van der Waals surface area contributed by atoms with Crippen LogP contribution in [0, 0.1) is 5.92 Å². The summed E-state index contributed by atoms with van der Waals surface area (Å²) in [5.41, 5.74) is 1.08. The molecule has 1 fully saturated rings. The fraction of sp³-hybridized carbons (Fsp3) is 0.400. The molecule has 2 rings (SSSR count). The minimum absolute atomic E-state index is 0.0160. The molecule has 0 heterocycles. The van der Waals surface area contributed by atoms with Crippen LogP contribution in [0.15, 0.2) is 24.3 Å². The lowest BCUT2D eigenvalue weighted by Gasteiger charge is -2.12. The minimum atomic E-state index is -0.957. The second kappa shape index (κ2) is 6.39. The largest absolute Gasteiger partial charge is 0.481 e. The van der Waals surface area contributed by atoms with E-state index in [0.717, 1.165) is 12.8 Å². The highest BCUT2D eigenvalue weighted by Crippen LogP contribution is 2.30. The number of aliphatic carboxylic acids is 1. The molecule has 1 aromatic carbocycles. The summed E-state index contributed by atoms with van der Waals surface area (Å²) in [6.07, 6.45) is 1.75. The molecule has 1 atom stereocenters. The summed E-state index contributed by atoms with van der Waals surface area (Å²) in [4.78, 5) is 34.0. The maximum absolute atomic E-state index is 11.9. The number of carbonyl (C=O) groups is 3. The van der Waals surface area contributed by atoms with E-state index in [1.165, 1.54) is 0 Å². The maximum atomic E-state index is 11.9. The predicted octanol–water partition coefficient (Wildman–Crippen LogP) is 1.63. The van der Waals surface area contributed by atoms with Gasteiger partial charge in [0.1, 0.15) is 0 Å². The molecule has 0 bridgehead atoms. The monoisotopic (exact) mass is 290 g/mol. The van der Waals surface area contributed by atoms with Crippen LogP contribution in [0.5, 0.6) is 0 Å². The lowest BCUT2D eigenvalue weighted by atomic mass is 10.1. The Kier molecular flexibility index (Phi) is 4.57. The Bertz CT molecular complexity index is 549. The molecule has 3 N–H and O–H groups in total. The van der Waals surface area contributed by atoms with Crippen LogP contribution in [0.3, 0.4) is 0 Å². The van der Waals surface area contributed by atoms with E-state index in [-0.39, 0.29) is 24.2 Å². The van der Waals surface area contributed by atoms with Crippen molar-refractivity contribution < 1.29 is 19.5 Å². The first-order chi connectivity index (χ1) is 9.95. The topological polar surface area (TPSA) is 95.5 Å². The third-order valence-electron chi connectivity index (χ3n) is 3.22. The average molecular weight is 290 g/mol. The molecule has 6 nitrogen and oxygen atoms in total. The summed E-state index contributed by atoms with van der Waals surface area (Å²) in [6.45, 7) is 1.64. The van der Waals surface area contributed by atoms with Gasteiger partial charge < -0.3 is 15.7 Å². The van der Waals surface area contributed by atoms with Gasteiger partial charge in [-0.25, -0.2) is 0 Å². The van der Waals surface area contributed by atoms with Gasteiger partial charge in [-0.1, -0.05) is 0 Å². The molecule has 1 saturated carbocycles. The van der Waals surface area contributed by atoms with Gasteiger partial charge in [0.25, 0.3) is 5.91 Å². The number of carbonyl (C=O) groups excluding carboxylic acids is 2. The Labute approximate surface area is 122 Å². The van der Waals surface area contributed by atoms with Crippen LogP contribution >= 0.6 is 0 Å². The first-order valence-corrected chi connectivity index (χ1v) is 6.89. The second-order valence-corrected chi connectivity index (χ2v) is 5.31. The van der Waals surface area contributed by atoms with Crippen molar-refractivity contribution in [3.63, 3.8) is 0 Å². The molecule has 0 saturated heterocycles. The summed E-state index contributed by atoms with van der Waals surface area (Å²) in [5, 5.41) is 14.0. The second-order valence-electron chi connectivity index (χ2n) is 5.31. The van der Waals surface area contributed by atoms with E-state index >= 15 is 0 Å². The van der Waals surface area contributed by atoms with E-state index in [1.807, 2.05) is 0 Å². The molecule has 21 heavy (non-hydrogen) atoms. The summed E-state index contributed by atoms with van der Waals surface area (Å²) >= 11 is 0. The minimum Gasteiger partial charge on any atom is -0.481 e. The Morgan fingerprint density at radius 3 is 2.38 bits per heavy atom. The van der Waals surface area contributed by atoms with Crippen molar-refractivity contribution in [1.82, 2.24) is 5.32 Å². The van der Waals surface area contributed by atoms with Crippen molar-refractivity contribution in [3.05, 3.63) is 29.8 Å². The molecule has 1 aliphatic rings. The molecule has 2 amide bonds. The van der Waals surface area contributed by atoms with Gasteiger partial charge in [0, 0.05) is 23.2 Å². The molecule has 0 aliphatic heterocycles. The highest BCUT2D eigenvalue weighted by Gasteiger charge is 2.29. The normalized spacial score (nSPS) is 15.1. The Balaban J connectivity index is 1.89. The van der Waals surface area contributed by atoms with Crippen LogP contribution < -0.4 is 10.6 Å². The fourth-order valence-corrected chi connectivity index (χ4v) is 1.91.